The molecule has 136 valence electrons. The lowest BCUT2D eigenvalue weighted by atomic mass is 9.99. The molecule has 1 aliphatic rings. The third-order valence-corrected chi connectivity index (χ3v) is 4.88. The van der Waals surface area contributed by atoms with E-state index < -0.39 is 0 Å². The number of piperidine rings is 1. The van der Waals surface area contributed by atoms with Crippen molar-refractivity contribution >= 4 is 11.7 Å². The summed E-state index contributed by atoms with van der Waals surface area (Å²) in [6.45, 7) is 10.4. The summed E-state index contributed by atoms with van der Waals surface area (Å²) in [4.78, 5) is 23.3. The number of aromatic nitrogens is 4. The normalized spacial score (nSPS) is 16.4. The number of rotatable bonds is 6. The number of aryl methyl sites for hydroxylation is 2. The molecule has 0 aromatic carbocycles. The molecule has 2 aromatic rings. The van der Waals surface area contributed by atoms with Gasteiger partial charge in [0.15, 0.2) is 0 Å². The topological polar surface area (TPSA) is 75.4 Å². The number of nitrogens with one attached hydrogen (secondary N) is 1. The molecule has 0 atom stereocenters. The quantitative estimate of drug-likeness (QED) is 0.811. The van der Waals surface area contributed by atoms with Gasteiger partial charge in [0.2, 0.25) is 5.82 Å². The number of carbonyl (C=O) groups is 1. The Labute approximate surface area is 148 Å². The first-order valence-electron chi connectivity index (χ1n) is 9.24. The molecule has 0 unspecified atom stereocenters. The summed E-state index contributed by atoms with van der Waals surface area (Å²) >= 11 is 0. The minimum Gasteiger partial charge on any atom is -0.349 e. The number of likely N-dealkylation sites (tertiary alicyclic amines) is 1. The van der Waals surface area contributed by atoms with Crippen LogP contribution in [-0.2, 0) is 0 Å². The Morgan fingerprint density at radius 1 is 1.24 bits per heavy atom. The number of hydrogen-bond donors (Lipinski definition) is 1. The molecule has 1 saturated heterocycles. The van der Waals surface area contributed by atoms with Gasteiger partial charge in [-0.15, -0.1) is 5.10 Å². The number of fused-ring (bicyclic) bond motifs is 1. The fourth-order valence-corrected chi connectivity index (χ4v) is 3.29. The maximum absolute atomic E-state index is 12.2. The second-order valence-corrected chi connectivity index (χ2v) is 7.17. The van der Waals surface area contributed by atoms with Crippen LogP contribution in [0.25, 0.3) is 5.78 Å². The SMILES string of the molecule is Cc1cc(C)n2nc(C(=O)NCCCCN3CCC(C)CC3)nc2n1. The Bertz CT molecular complexity index is 732. The first kappa shape index (κ1) is 17.8. The van der Waals surface area contributed by atoms with Gasteiger partial charge in [0.1, 0.15) is 0 Å². The van der Waals surface area contributed by atoms with Crippen LogP contribution in [0, 0.1) is 19.8 Å². The van der Waals surface area contributed by atoms with Crippen LogP contribution in [0.15, 0.2) is 6.07 Å². The van der Waals surface area contributed by atoms with Crippen molar-refractivity contribution < 1.29 is 4.79 Å². The lowest BCUT2D eigenvalue weighted by Gasteiger charge is -2.30. The van der Waals surface area contributed by atoms with Crippen molar-refractivity contribution in [3.05, 3.63) is 23.3 Å². The summed E-state index contributed by atoms with van der Waals surface area (Å²) in [6.07, 6.45) is 4.70. The van der Waals surface area contributed by atoms with E-state index in [9.17, 15) is 4.79 Å². The van der Waals surface area contributed by atoms with E-state index in [0.717, 1.165) is 36.7 Å². The molecule has 3 heterocycles. The van der Waals surface area contributed by atoms with Gasteiger partial charge in [0, 0.05) is 17.9 Å². The van der Waals surface area contributed by atoms with E-state index >= 15 is 0 Å². The molecule has 0 aliphatic carbocycles. The van der Waals surface area contributed by atoms with E-state index in [1.165, 1.54) is 25.9 Å². The molecule has 1 N–H and O–H groups in total. The van der Waals surface area contributed by atoms with E-state index in [2.05, 4.69) is 32.2 Å². The summed E-state index contributed by atoms with van der Waals surface area (Å²) < 4.78 is 1.61. The molecule has 0 radical (unpaired) electrons. The van der Waals surface area contributed by atoms with Crippen molar-refractivity contribution in [1.82, 2.24) is 29.8 Å². The van der Waals surface area contributed by atoms with Crippen molar-refractivity contribution in [3.8, 4) is 0 Å². The monoisotopic (exact) mass is 344 g/mol. The zero-order chi connectivity index (χ0) is 17.8. The van der Waals surface area contributed by atoms with Gasteiger partial charge in [0.05, 0.1) is 0 Å². The summed E-state index contributed by atoms with van der Waals surface area (Å²) in [7, 11) is 0. The number of carbonyl (C=O) groups excluding carboxylic acids is 1. The highest BCUT2D eigenvalue weighted by Gasteiger charge is 2.16. The Balaban J connectivity index is 1.43. The second-order valence-electron chi connectivity index (χ2n) is 7.17. The Kier molecular flexibility index (Phi) is 5.63. The highest BCUT2D eigenvalue weighted by atomic mass is 16.2. The van der Waals surface area contributed by atoms with Crippen LogP contribution >= 0.6 is 0 Å². The Morgan fingerprint density at radius 3 is 2.76 bits per heavy atom. The molecule has 3 rings (SSSR count). The maximum atomic E-state index is 12.2. The largest absolute Gasteiger partial charge is 0.349 e. The summed E-state index contributed by atoms with van der Waals surface area (Å²) in [5, 5.41) is 7.17. The minimum absolute atomic E-state index is 0.186. The average molecular weight is 344 g/mol. The fraction of sp³-hybridized carbons (Fsp3) is 0.667. The first-order valence-corrected chi connectivity index (χ1v) is 9.24. The van der Waals surface area contributed by atoms with Crippen LogP contribution in [0.5, 0.6) is 0 Å². The summed E-state index contributed by atoms with van der Waals surface area (Å²) in [5.41, 5.74) is 1.79. The number of nitrogens with zero attached hydrogens (tertiary/aromatic N) is 5. The molecule has 7 heteroatoms. The number of hydrogen-bond acceptors (Lipinski definition) is 5. The maximum Gasteiger partial charge on any atom is 0.291 e. The predicted molar refractivity (Wildman–Crippen MR) is 96.7 cm³/mol. The van der Waals surface area contributed by atoms with Gasteiger partial charge in [-0.05, 0) is 71.1 Å². The highest BCUT2D eigenvalue weighted by molar-refractivity contribution is 5.90. The van der Waals surface area contributed by atoms with Gasteiger partial charge < -0.3 is 10.2 Å². The van der Waals surface area contributed by atoms with E-state index in [-0.39, 0.29) is 11.7 Å². The molecule has 1 amide bonds. The van der Waals surface area contributed by atoms with E-state index in [4.69, 9.17) is 0 Å². The fourth-order valence-electron chi connectivity index (χ4n) is 3.29. The Morgan fingerprint density at radius 2 is 2.00 bits per heavy atom. The number of unbranched alkanes of at least 4 members (excludes halogenated alkanes) is 1. The zero-order valence-electron chi connectivity index (χ0n) is 15.5. The van der Waals surface area contributed by atoms with E-state index in [1.54, 1.807) is 4.52 Å². The van der Waals surface area contributed by atoms with Crippen LogP contribution in [-0.4, -0.2) is 56.6 Å². The Hall–Kier alpha value is -2.02. The minimum atomic E-state index is -0.227. The van der Waals surface area contributed by atoms with Crippen molar-refractivity contribution in [2.75, 3.05) is 26.2 Å². The molecule has 2 aromatic heterocycles. The lowest BCUT2D eigenvalue weighted by molar-refractivity contribution is 0.0942. The summed E-state index contributed by atoms with van der Waals surface area (Å²) in [6, 6.07) is 1.92. The van der Waals surface area contributed by atoms with Gasteiger partial charge >= 0.3 is 0 Å². The third kappa shape index (κ3) is 4.54. The highest BCUT2D eigenvalue weighted by Crippen LogP contribution is 2.16. The van der Waals surface area contributed by atoms with Gasteiger partial charge in [-0.25, -0.2) is 9.50 Å². The molecule has 0 spiro atoms. The van der Waals surface area contributed by atoms with Crippen molar-refractivity contribution in [2.45, 2.75) is 46.5 Å². The summed E-state index contributed by atoms with van der Waals surface area (Å²) in [5.74, 6) is 1.30. The van der Waals surface area contributed by atoms with Crippen LogP contribution in [0.3, 0.4) is 0 Å². The molecule has 1 fully saturated rings. The molecular formula is C18H28N6O. The average Bonchev–Trinajstić information content (AvgIpc) is 3.00. The van der Waals surface area contributed by atoms with E-state index in [1.807, 2.05) is 19.9 Å². The van der Waals surface area contributed by atoms with Crippen molar-refractivity contribution in [3.63, 3.8) is 0 Å². The molecule has 1 aliphatic heterocycles. The van der Waals surface area contributed by atoms with Gasteiger partial charge in [-0.1, -0.05) is 6.92 Å². The van der Waals surface area contributed by atoms with Crippen LogP contribution in [0.2, 0.25) is 0 Å². The van der Waals surface area contributed by atoms with Crippen LogP contribution in [0.1, 0.15) is 54.6 Å². The standard InChI is InChI=1S/C18H28N6O/c1-13-6-10-23(11-7-13)9-5-4-8-19-17(25)16-21-18-20-14(2)12-15(3)24(18)22-16/h12-13H,4-11H2,1-3H3,(H,19,25). The molecule has 0 saturated carbocycles. The van der Waals surface area contributed by atoms with Crippen LogP contribution in [0.4, 0.5) is 0 Å². The van der Waals surface area contributed by atoms with Crippen LogP contribution < -0.4 is 5.32 Å². The van der Waals surface area contributed by atoms with Gasteiger partial charge in [0.25, 0.3) is 11.7 Å². The molecule has 7 nitrogen and oxygen atoms in total. The second kappa shape index (κ2) is 7.91. The smallest absolute Gasteiger partial charge is 0.291 e. The number of amides is 1. The van der Waals surface area contributed by atoms with Gasteiger partial charge in [-0.3, -0.25) is 4.79 Å². The van der Waals surface area contributed by atoms with Crippen molar-refractivity contribution in [1.29, 1.82) is 0 Å². The molecule has 0 bridgehead atoms. The van der Waals surface area contributed by atoms with Gasteiger partial charge in [-0.2, -0.15) is 4.98 Å². The molecule has 25 heavy (non-hydrogen) atoms. The van der Waals surface area contributed by atoms with Crippen molar-refractivity contribution in [2.24, 2.45) is 5.92 Å². The van der Waals surface area contributed by atoms with E-state index in [0.29, 0.717) is 12.3 Å². The zero-order valence-corrected chi connectivity index (χ0v) is 15.5. The third-order valence-electron chi connectivity index (χ3n) is 4.88. The molecular weight excluding hydrogens is 316 g/mol. The predicted octanol–water partition coefficient (Wildman–Crippen LogP) is 1.98. The lowest BCUT2D eigenvalue weighted by Crippen LogP contribution is -2.34. The first-order chi connectivity index (χ1) is 12.0.